The molecule has 0 saturated heterocycles. The van der Waals surface area contributed by atoms with E-state index in [1.54, 1.807) is 79.7 Å². The minimum Gasteiger partial charge on any atom is -0.464 e. The lowest BCUT2D eigenvalue weighted by molar-refractivity contribution is -0.143. The van der Waals surface area contributed by atoms with Gasteiger partial charge >= 0.3 is 39.1 Å². The maximum absolute atomic E-state index is 13.1. The third kappa shape index (κ3) is 20.5. The Bertz CT molecular complexity index is 2810. The fourth-order valence-electron chi connectivity index (χ4n) is 6.38. The average molecular weight is 1180 g/mol. The van der Waals surface area contributed by atoms with E-state index in [0.29, 0.717) is 68.7 Å². The molecule has 25 heteroatoms. The number of carbonyl (C=O) groups excluding carboxylic acids is 4. The lowest BCUT2D eigenvalue weighted by Crippen LogP contribution is -2.32. The van der Waals surface area contributed by atoms with Gasteiger partial charge in [-0.2, -0.15) is 0 Å². The lowest BCUT2D eigenvalue weighted by atomic mass is 9.97. The number of carbonyl (C=O) groups is 4. The molecule has 0 fully saturated rings. The maximum atomic E-state index is 13.1. The van der Waals surface area contributed by atoms with Crippen molar-refractivity contribution in [3.8, 4) is 34.3 Å². The summed E-state index contributed by atoms with van der Waals surface area (Å²) in [6, 6.07) is 14.6. The predicted octanol–water partition coefficient (Wildman–Crippen LogP) is 8.44. The van der Waals surface area contributed by atoms with Crippen LogP contribution in [-0.2, 0) is 72.3 Å². The molecule has 2 aromatic carbocycles. The monoisotopic (exact) mass is 1180 g/mol. The van der Waals surface area contributed by atoms with Crippen molar-refractivity contribution in [1.29, 1.82) is 0 Å². The van der Waals surface area contributed by atoms with E-state index in [4.69, 9.17) is 37.0 Å². The fourth-order valence-corrected chi connectivity index (χ4v) is 10.1. The number of hydrogen-bond donors (Lipinski definition) is 1. The van der Waals surface area contributed by atoms with Crippen LogP contribution in [0.3, 0.4) is 0 Å². The van der Waals surface area contributed by atoms with Crippen LogP contribution in [0.1, 0.15) is 101 Å². The summed E-state index contributed by atoms with van der Waals surface area (Å²) in [4.78, 5) is 85.8. The molecule has 0 aliphatic heterocycles. The van der Waals surface area contributed by atoms with E-state index in [0.717, 1.165) is 18.2 Å². The fraction of sp³-hybridized carbons (Fsp3) is 0.538. The smallest absolute Gasteiger partial charge is 0.360 e. The summed E-state index contributed by atoms with van der Waals surface area (Å²) in [6.45, 7) is 20.2. The number of ether oxygens (including phenoxy) is 4. The normalized spacial score (nSPS) is 11.7. The average Bonchev–Trinajstić information content (AvgIpc) is 3.38. The highest BCUT2D eigenvalue weighted by molar-refractivity contribution is 9.08. The largest absolute Gasteiger partial charge is 0.464 e. The molecule has 0 bridgehead atoms. The molecule has 0 unspecified atom stereocenters. The van der Waals surface area contributed by atoms with Crippen LogP contribution < -0.4 is 25.9 Å². The Kier molecular flexibility index (Phi) is 27.7. The minimum atomic E-state index is -3.13. The Hall–Kier alpha value is -5.22. The van der Waals surface area contributed by atoms with Gasteiger partial charge in [0.25, 0.3) is 11.1 Å². The summed E-state index contributed by atoms with van der Waals surface area (Å²) in [5.74, 6) is -3.53. The minimum absolute atomic E-state index is 0.209. The standard InChI is InChI=1S/C26H38N3O8P.C19H21BrN2O5.C7H18NO3P/c1-9-35-38(33,36-10-2)16-15-28(6)17-18-11-13-19(14-12-18)22-27-20(24(31)34-8)21(23(30)29(22)7)37-25(32)26(3,4)5;1-19(2,3)18(25)27-14-13(17(24)26-5)21-15(22(4)16(14)23)12-8-6-11(10-20)7-9-12;1-4-10-12(9,11-5-2)7-6-8-3/h11-14H,9-10,15-17H2,1-8H3;6-9H,10H2,1-5H3;8H,4-7H2,1-3H3. The van der Waals surface area contributed by atoms with Crippen molar-refractivity contribution < 1.29 is 65.4 Å². The number of alkyl halides is 1. The molecule has 1 N–H and O–H groups in total. The number of hydrogen-bond acceptors (Lipinski definition) is 20. The number of benzene rings is 2. The molecule has 0 saturated carbocycles. The lowest BCUT2D eigenvalue weighted by Gasteiger charge is -2.21. The highest BCUT2D eigenvalue weighted by Gasteiger charge is 2.32. The summed E-state index contributed by atoms with van der Waals surface area (Å²) in [5, 5.41) is 3.60. The third-order valence-electron chi connectivity index (χ3n) is 10.6. The number of nitrogens with zero attached hydrogens (tertiary/aromatic N) is 5. The zero-order chi connectivity index (χ0) is 58.5. The van der Waals surface area contributed by atoms with E-state index in [1.165, 1.54) is 30.3 Å². The van der Waals surface area contributed by atoms with Gasteiger partial charge in [-0.1, -0.05) is 64.5 Å². The van der Waals surface area contributed by atoms with Crippen LogP contribution in [0.4, 0.5) is 0 Å². The van der Waals surface area contributed by atoms with Crippen molar-refractivity contribution in [3.63, 3.8) is 0 Å². The van der Waals surface area contributed by atoms with Crippen molar-refractivity contribution in [2.75, 3.05) is 80.2 Å². The SMILES string of the molecule is CCOP(=O)(CCN(C)Cc1ccc(-c2nc(C(=O)OC)c(OC(=O)C(C)(C)C)c(=O)n2C)cc1)OCC.CCOP(=O)(CCNC)OCC.COC(=O)c1nc(-c2ccc(CBr)cc2)n(C)c(=O)c1OC(=O)C(C)(C)C. The third-order valence-corrected chi connectivity index (χ3v) is 15.4. The van der Waals surface area contributed by atoms with Gasteiger partial charge in [0.2, 0.25) is 11.5 Å². The first-order valence-corrected chi connectivity index (χ1v) is 29.3. The van der Waals surface area contributed by atoms with E-state index in [-0.39, 0.29) is 29.2 Å². The van der Waals surface area contributed by atoms with E-state index in [9.17, 15) is 37.9 Å². The Morgan fingerprint density at radius 2 is 0.974 bits per heavy atom. The van der Waals surface area contributed by atoms with E-state index in [1.807, 2.05) is 57.1 Å². The second-order valence-electron chi connectivity index (χ2n) is 18.9. The van der Waals surface area contributed by atoms with Gasteiger partial charge in [-0.05, 0) is 94.5 Å². The number of esters is 4. The molecule has 77 heavy (non-hydrogen) atoms. The Balaban J connectivity index is 0.000000450. The van der Waals surface area contributed by atoms with Crippen LogP contribution in [0.15, 0.2) is 58.1 Å². The molecule has 2 heterocycles. The van der Waals surface area contributed by atoms with Crippen molar-refractivity contribution in [1.82, 2.24) is 29.3 Å². The quantitative estimate of drug-likeness (QED) is 0.0415. The highest BCUT2D eigenvalue weighted by atomic mass is 79.9. The number of methoxy groups -OCH3 is 2. The van der Waals surface area contributed by atoms with Crippen molar-refractivity contribution >= 4 is 55.0 Å². The zero-order valence-electron chi connectivity index (χ0n) is 47.2. The van der Waals surface area contributed by atoms with Gasteiger partial charge in [0, 0.05) is 50.2 Å². The Labute approximate surface area is 460 Å². The summed E-state index contributed by atoms with van der Waals surface area (Å²) in [6.07, 6.45) is 0.711. The molecule has 428 valence electrons. The number of nitrogens with one attached hydrogen (secondary N) is 1. The predicted molar refractivity (Wildman–Crippen MR) is 297 cm³/mol. The van der Waals surface area contributed by atoms with Gasteiger partial charge < -0.3 is 47.3 Å². The molecular formula is C52H77BrN6O16P2. The molecule has 0 spiro atoms. The molecule has 0 atom stereocenters. The number of rotatable bonds is 23. The van der Waals surface area contributed by atoms with Gasteiger partial charge in [-0.3, -0.25) is 37.4 Å². The van der Waals surface area contributed by atoms with Crippen LogP contribution in [0.25, 0.3) is 22.8 Å². The topological polar surface area (TPSA) is 261 Å². The summed E-state index contributed by atoms with van der Waals surface area (Å²) >= 11 is 3.37. The van der Waals surface area contributed by atoms with Crippen molar-refractivity contribution in [2.45, 2.75) is 81.1 Å². The first-order valence-electron chi connectivity index (χ1n) is 24.7. The molecule has 4 rings (SSSR count). The van der Waals surface area contributed by atoms with Crippen molar-refractivity contribution in [3.05, 3.63) is 91.8 Å². The van der Waals surface area contributed by atoms with Crippen LogP contribution >= 0.6 is 31.1 Å². The summed E-state index contributed by atoms with van der Waals surface area (Å²) in [7, 11) is 3.09. The van der Waals surface area contributed by atoms with Gasteiger partial charge in [-0.25, -0.2) is 19.6 Å². The zero-order valence-corrected chi connectivity index (χ0v) is 50.6. The van der Waals surface area contributed by atoms with E-state index in [2.05, 4.69) is 31.2 Å². The van der Waals surface area contributed by atoms with Gasteiger partial charge in [0.1, 0.15) is 11.6 Å². The van der Waals surface area contributed by atoms with Crippen molar-refractivity contribution in [2.24, 2.45) is 24.9 Å². The summed E-state index contributed by atoms with van der Waals surface area (Å²) < 4.78 is 67.7. The second kappa shape index (κ2) is 31.4. The Morgan fingerprint density at radius 3 is 1.29 bits per heavy atom. The highest BCUT2D eigenvalue weighted by Crippen LogP contribution is 2.48. The van der Waals surface area contributed by atoms with Crippen LogP contribution in [0.5, 0.6) is 11.5 Å². The summed E-state index contributed by atoms with van der Waals surface area (Å²) in [5.41, 5.74) is -0.582. The molecule has 22 nitrogen and oxygen atoms in total. The van der Waals surface area contributed by atoms with Gasteiger partial charge in [-0.15, -0.1) is 0 Å². The molecule has 0 radical (unpaired) electrons. The van der Waals surface area contributed by atoms with E-state index >= 15 is 0 Å². The molecular weight excluding hydrogens is 1110 g/mol. The second-order valence-corrected chi connectivity index (χ2v) is 23.9. The first kappa shape index (κ1) is 67.9. The molecule has 4 aromatic rings. The maximum Gasteiger partial charge on any atom is 0.360 e. The van der Waals surface area contributed by atoms with Crippen LogP contribution in [0.2, 0.25) is 0 Å². The molecule has 0 amide bonds. The number of halogens is 1. The van der Waals surface area contributed by atoms with E-state index < -0.39 is 72.5 Å². The van der Waals surface area contributed by atoms with Crippen LogP contribution in [0, 0.1) is 10.8 Å². The first-order chi connectivity index (χ1) is 36.0. The molecule has 0 aliphatic rings. The number of aromatic nitrogens is 4. The van der Waals surface area contributed by atoms with Crippen LogP contribution in [-0.4, -0.2) is 128 Å². The van der Waals surface area contributed by atoms with Gasteiger partial charge in [0.05, 0.1) is 63.8 Å². The molecule has 0 aliphatic carbocycles. The molecule has 2 aromatic heterocycles. The Morgan fingerprint density at radius 1 is 0.623 bits per heavy atom. The van der Waals surface area contributed by atoms with Gasteiger partial charge in [0.15, 0.2) is 11.4 Å².